The number of urea groups is 1. The summed E-state index contributed by atoms with van der Waals surface area (Å²) in [5.41, 5.74) is 0.582. The molecule has 0 aliphatic carbocycles. The molecular weight excluding hydrogens is 318 g/mol. The summed E-state index contributed by atoms with van der Waals surface area (Å²) in [5.74, 6) is -0.112. The number of carbonyl (C=O) groups excluding carboxylic acids is 2. The average Bonchev–Trinajstić information content (AvgIpc) is 2.82. The minimum Gasteiger partial charge on any atom is -0.370 e. The van der Waals surface area contributed by atoms with Crippen LogP contribution in [0.25, 0.3) is 0 Å². The summed E-state index contributed by atoms with van der Waals surface area (Å²) < 4.78 is 5.84. The quantitative estimate of drug-likeness (QED) is 0.898. The maximum absolute atomic E-state index is 12.5. The van der Waals surface area contributed by atoms with Crippen LogP contribution in [-0.2, 0) is 9.53 Å². The van der Waals surface area contributed by atoms with Gasteiger partial charge in [-0.2, -0.15) is 0 Å². The van der Waals surface area contributed by atoms with Gasteiger partial charge in [-0.05, 0) is 18.6 Å². The molecule has 1 N–H and O–H groups in total. The van der Waals surface area contributed by atoms with Crippen LogP contribution in [0.3, 0.4) is 0 Å². The predicted molar refractivity (Wildman–Crippen MR) is 87.5 cm³/mol. The Hall–Kier alpha value is -1.79. The van der Waals surface area contributed by atoms with Gasteiger partial charge >= 0.3 is 6.03 Å². The molecule has 0 aromatic heterocycles. The van der Waals surface area contributed by atoms with Crippen LogP contribution in [0.4, 0.5) is 10.5 Å². The van der Waals surface area contributed by atoms with E-state index in [1.807, 2.05) is 12.1 Å². The fraction of sp³-hybridized carbons (Fsp3) is 0.500. The number of fused-ring (bicyclic) bond motifs is 2. The number of halogens is 1. The second-order valence-electron chi connectivity index (χ2n) is 6.19. The first-order valence-corrected chi connectivity index (χ1v) is 8.00. The van der Waals surface area contributed by atoms with Gasteiger partial charge in [0.2, 0.25) is 5.91 Å². The van der Waals surface area contributed by atoms with Crippen LogP contribution in [0, 0.1) is 5.92 Å². The summed E-state index contributed by atoms with van der Waals surface area (Å²) in [7, 11) is 3.49. The van der Waals surface area contributed by atoms with E-state index in [0.717, 1.165) is 0 Å². The molecule has 0 unspecified atom stereocenters. The lowest BCUT2D eigenvalue weighted by Crippen LogP contribution is -2.49. The van der Waals surface area contributed by atoms with E-state index in [0.29, 0.717) is 30.2 Å². The highest BCUT2D eigenvalue weighted by Gasteiger charge is 2.46. The molecule has 3 amide bonds. The molecule has 7 heteroatoms. The molecule has 3 atom stereocenters. The minimum absolute atomic E-state index is 0.0610. The lowest BCUT2D eigenvalue weighted by molar-refractivity contribution is -0.135. The van der Waals surface area contributed by atoms with Crippen molar-refractivity contribution < 1.29 is 14.3 Å². The molecule has 2 saturated heterocycles. The summed E-state index contributed by atoms with van der Waals surface area (Å²) in [4.78, 5) is 27.9. The lowest BCUT2D eigenvalue weighted by atomic mass is 9.99. The molecule has 124 valence electrons. The first-order valence-electron chi connectivity index (χ1n) is 7.63. The number of hydrogen-bond donors (Lipinski definition) is 1. The molecule has 1 aromatic rings. The number of nitrogens with zero attached hydrogens (tertiary/aromatic N) is 2. The normalized spacial score (nSPS) is 26.0. The molecule has 2 heterocycles. The number of ether oxygens (including phenoxy) is 1. The van der Waals surface area contributed by atoms with Crippen molar-refractivity contribution in [2.24, 2.45) is 5.92 Å². The summed E-state index contributed by atoms with van der Waals surface area (Å²) in [6.45, 7) is 0.904. The fourth-order valence-corrected chi connectivity index (χ4v) is 3.36. The summed E-state index contributed by atoms with van der Waals surface area (Å²) in [6, 6.07) is 6.90. The number of nitrogens with one attached hydrogen (secondary N) is 1. The van der Waals surface area contributed by atoms with Gasteiger partial charge in [-0.1, -0.05) is 23.7 Å². The Bertz CT molecular complexity index is 622. The number of amides is 3. The number of hydrogen-bond acceptors (Lipinski definition) is 3. The molecule has 2 aliphatic heterocycles. The van der Waals surface area contributed by atoms with E-state index >= 15 is 0 Å². The Balaban J connectivity index is 1.66. The Labute approximate surface area is 140 Å². The van der Waals surface area contributed by atoms with Gasteiger partial charge in [-0.25, -0.2) is 4.79 Å². The summed E-state index contributed by atoms with van der Waals surface area (Å²) in [6.07, 6.45) is 0.345. The van der Waals surface area contributed by atoms with Gasteiger partial charge in [0.15, 0.2) is 0 Å². The standard InChI is InChI=1S/C16H20ClN3O3/c1-19(2)15(21)11-7-10-8-20(9-14(11)23-10)16(22)18-13-6-4-3-5-12(13)17/h3-6,10-11,14H,7-9H2,1-2H3,(H,18,22)/t10-,11-,14+/m0/s1. The third-order valence-electron chi connectivity index (χ3n) is 4.32. The third kappa shape index (κ3) is 3.28. The van der Waals surface area contributed by atoms with E-state index in [4.69, 9.17) is 16.3 Å². The monoisotopic (exact) mass is 337 g/mol. The predicted octanol–water partition coefficient (Wildman–Crippen LogP) is 2.05. The van der Waals surface area contributed by atoms with Gasteiger partial charge in [0.1, 0.15) is 0 Å². The van der Waals surface area contributed by atoms with Crippen molar-refractivity contribution in [2.75, 3.05) is 32.5 Å². The lowest BCUT2D eigenvalue weighted by Gasteiger charge is -2.33. The maximum Gasteiger partial charge on any atom is 0.322 e. The van der Waals surface area contributed by atoms with Crippen LogP contribution in [-0.4, -0.2) is 61.1 Å². The number of benzene rings is 1. The molecule has 23 heavy (non-hydrogen) atoms. The Morgan fingerprint density at radius 3 is 2.74 bits per heavy atom. The highest BCUT2D eigenvalue weighted by atomic mass is 35.5. The zero-order valence-corrected chi connectivity index (χ0v) is 13.9. The van der Waals surface area contributed by atoms with Crippen molar-refractivity contribution in [1.29, 1.82) is 0 Å². The molecule has 2 fully saturated rings. The zero-order valence-electron chi connectivity index (χ0n) is 13.2. The maximum atomic E-state index is 12.5. The van der Waals surface area contributed by atoms with Crippen LogP contribution in [0.5, 0.6) is 0 Å². The van der Waals surface area contributed by atoms with Gasteiger partial charge in [0.05, 0.1) is 28.8 Å². The van der Waals surface area contributed by atoms with E-state index in [-0.39, 0.29) is 30.1 Å². The van der Waals surface area contributed by atoms with E-state index in [9.17, 15) is 9.59 Å². The first kappa shape index (κ1) is 16.1. The molecule has 1 aromatic carbocycles. The van der Waals surface area contributed by atoms with E-state index in [1.54, 1.807) is 36.0 Å². The number of para-hydroxylation sites is 1. The molecule has 2 aliphatic rings. The number of morpholine rings is 1. The number of anilines is 1. The van der Waals surface area contributed by atoms with Crippen LogP contribution in [0.15, 0.2) is 24.3 Å². The Morgan fingerprint density at radius 2 is 2.04 bits per heavy atom. The third-order valence-corrected chi connectivity index (χ3v) is 4.65. The van der Waals surface area contributed by atoms with Crippen molar-refractivity contribution in [3.8, 4) is 0 Å². The number of rotatable bonds is 2. The van der Waals surface area contributed by atoms with Gasteiger partial charge in [-0.15, -0.1) is 0 Å². The van der Waals surface area contributed by atoms with Crippen molar-refractivity contribution in [3.63, 3.8) is 0 Å². The van der Waals surface area contributed by atoms with Crippen molar-refractivity contribution in [2.45, 2.75) is 18.6 Å². The molecule has 0 spiro atoms. The van der Waals surface area contributed by atoms with E-state index in [2.05, 4.69) is 5.32 Å². The van der Waals surface area contributed by atoms with Crippen LogP contribution < -0.4 is 5.32 Å². The van der Waals surface area contributed by atoms with Crippen LogP contribution in [0.1, 0.15) is 6.42 Å². The van der Waals surface area contributed by atoms with E-state index in [1.165, 1.54) is 0 Å². The molecular formula is C16H20ClN3O3. The largest absolute Gasteiger partial charge is 0.370 e. The highest BCUT2D eigenvalue weighted by molar-refractivity contribution is 6.33. The minimum atomic E-state index is -0.236. The first-order chi connectivity index (χ1) is 11.0. The van der Waals surface area contributed by atoms with Gasteiger partial charge in [-0.3, -0.25) is 4.79 Å². The van der Waals surface area contributed by atoms with Gasteiger partial charge < -0.3 is 19.9 Å². The van der Waals surface area contributed by atoms with E-state index < -0.39 is 0 Å². The van der Waals surface area contributed by atoms with Gasteiger partial charge in [0, 0.05) is 27.2 Å². The van der Waals surface area contributed by atoms with Crippen LogP contribution >= 0.6 is 11.6 Å². The van der Waals surface area contributed by atoms with Crippen molar-refractivity contribution in [1.82, 2.24) is 9.80 Å². The molecule has 3 rings (SSSR count). The number of likely N-dealkylation sites (tertiary alicyclic amines) is 1. The van der Waals surface area contributed by atoms with Gasteiger partial charge in [0.25, 0.3) is 0 Å². The summed E-state index contributed by atoms with van der Waals surface area (Å²) >= 11 is 6.07. The van der Waals surface area contributed by atoms with Crippen molar-refractivity contribution in [3.05, 3.63) is 29.3 Å². The fourth-order valence-electron chi connectivity index (χ4n) is 3.17. The SMILES string of the molecule is CN(C)C(=O)[C@H]1C[C@H]2CN(C(=O)Nc3ccccc3Cl)C[C@H]1O2. The zero-order chi connectivity index (χ0) is 16.6. The Kier molecular flexibility index (Phi) is 4.46. The van der Waals surface area contributed by atoms with Crippen LogP contribution in [0.2, 0.25) is 5.02 Å². The highest BCUT2D eigenvalue weighted by Crippen LogP contribution is 2.33. The Morgan fingerprint density at radius 1 is 1.30 bits per heavy atom. The second-order valence-corrected chi connectivity index (χ2v) is 6.59. The number of carbonyl (C=O) groups is 2. The molecule has 0 radical (unpaired) electrons. The molecule has 2 bridgehead atoms. The smallest absolute Gasteiger partial charge is 0.322 e. The van der Waals surface area contributed by atoms with Crippen molar-refractivity contribution >= 4 is 29.2 Å². The second kappa shape index (κ2) is 6.37. The topological polar surface area (TPSA) is 61.9 Å². The summed E-state index contributed by atoms with van der Waals surface area (Å²) in [5, 5.41) is 3.32. The average molecular weight is 338 g/mol. The molecule has 0 saturated carbocycles. The molecule has 6 nitrogen and oxygen atoms in total.